The first-order chi connectivity index (χ1) is 12.7. The van der Waals surface area contributed by atoms with E-state index in [2.05, 4.69) is 15.6 Å². The van der Waals surface area contributed by atoms with Gasteiger partial charge in [0.25, 0.3) is 0 Å². The summed E-state index contributed by atoms with van der Waals surface area (Å²) < 4.78 is 1.96. The van der Waals surface area contributed by atoms with Gasteiger partial charge in [-0.3, -0.25) is 9.59 Å². The zero-order valence-corrected chi connectivity index (χ0v) is 14.8. The van der Waals surface area contributed by atoms with Crippen LogP contribution in [-0.2, 0) is 16.0 Å². The van der Waals surface area contributed by atoms with Gasteiger partial charge in [0.1, 0.15) is 5.65 Å². The molecule has 1 aromatic carbocycles. The molecule has 1 aliphatic heterocycles. The summed E-state index contributed by atoms with van der Waals surface area (Å²) in [5, 5.41) is 5.34. The molecule has 0 spiro atoms. The van der Waals surface area contributed by atoms with E-state index in [0.717, 1.165) is 21.9 Å². The lowest BCUT2D eigenvalue weighted by atomic mass is 10.2. The Balaban J connectivity index is 1.29. The number of hydrogen-bond acceptors (Lipinski definition) is 4. The van der Waals surface area contributed by atoms with Gasteiger partial charge in [0, 0.05) is 36.7 Å². The van der Waals surface area contributed by atoms with Gasteiger partial charge in [-0.05, 0) is 24.3 Å². The molecular formula is C19H18N4O2S. The van der Waals surface area contributed by atoms with Gasteiger partial charge < -0.3 is 15.0 Å². The highest BCUT2D eigenvalue weighted by atomic mass is 32.2. The first-order valence-electron chi connectivity index (χ1n) is 8.45. The van der Waals surface area contributed by atoms with E-state index in [1.54, 1.807) is 0 Å². The summed E-state index contributed by atoms with van der Waals surface area (Å²) in [5.41, 5.74) is 2.63. The molecule has 26 heavy (non-hydrogen) atoms. The Morgan fingerprint density at radius 2 is 2.08 bits per heavy atom. The van der Waals surface area contributed by atoms with Gasteiger partial charge in [0.15, 0.2) is 0 Å². The number of benzene rings is 1. The quantitative estimate of drug-likeness (QED) is 0.727. The second-order valence-corrected chi connectivity index (χ2v) is 7.34. The van der Waals surface area contributed by atoms with Crippen LogP contribution < -0.4 is 10.6 Å². The number of amides is 2. The van der Waals surface area contributed by atoms with Gasteiger partial charge in [-0.1, -0.05) is 18.2 Å². The maximum Gasteiger partial charge on any atom is 0.238 e. The predicted molar refractivity (Wildman–Crippen MR) is 101 cm³/mol. The molecule has 132 valence electrons. The van der Waals surface area contributed by atoms with Crippen LogP contribution >= 0.6 is 11.8 Å². The lowest BCUT2D eigenvalue weighted by Gasteiger charge is -2.23. The van der Waals surface area contributed by atoms with Crippen molar-refractivity contribution in [2.75, 3.05) is 11.9 Å². The first kappa shape index (κ1) is 16.7. The largest absolute Gasteiger partial charge is 0.356 e. The van der Waals surface area contributed by atoms with Gasteiger partial charge in [-0.25, -0.2) is 4.98 Å². The Morgan fingerprint density at radius 3 is 2.96 bits per heavy atom. The second kappa shape index (κ2) is 7.21. The van der Waals surface area contributed by atoms with E-state index < -0.39 is 5.25 Å². The number of nitrogens with one attached hydrogen (secondary N) is 2. The molecule has 0 radical (unpaired) electrons. The van der Waals surface area contributed by atoms with E-state index in [9.17, 15) is 9.59 Å². The summed E-state index contributed by atoms with van der Waals surface area (Å²) in [6, 6.07) is 13.5. The van der Waals surface area contributed by atoms with Crippen LogP contribution in [0.2, 0.25) is 0 Å². The SMILES string of the molecule is O=C(C[C@@H]1Sc2ccccc2NC1=O)NCCc1cn2ccccc2n1. The maximum atomic E-state index is 12.2. The van der Waals surface area contributed by atoms with Gasteiger partial charge in [-0.15, -0.1) is 11.8 Å². The highest BCUT2D eigenvalue weighted by Gasteiger charge is 2.28. The summed E-state index contributed by atoms with van der Waals surface area (Å²) in [4.78, 5) is 29.9. The Morgan fingerprint density at radius 1 is 1.23 bits per heavy atom. The minimum atomic E-state index is -0.403. The van der Waals surface area contributed by atoms with Crippen LogP contribution in [-0.4, -0.2) is 33.0 Å². The van der Waals surface area contributed by atoms with Crippen molar-refractivity contribution in [2.24, 2.45) is 0 Å². The lowest BCUT2D eigenvalue weighted by Crippen LogP contribution is -2.35. The van der Waals surface area contributed by atoms with Crippen LogP contribution in [0.4, 0.5) is 5.69 Å². The highest BCUT2D eigenvalue weighted by molar-refractivity contribution is 8.01. The standard InChI is InChI=1S/C19H18N4O2S/c24-18(11-16-19(25)22-14-5-1-2-6-15(14)26-16)20-9-8-13-12-23-10-4-3-7-17(23)21-13/h1-7,10,12,16H,8-9,11H2,(H,20,24)(H,22,25)/t16-/m0/s1. The number of carbonyl (C=O) groups excluding carboxylic acids is 2. The minimum Gasteiger partial charge on any atom is -0.356 e. The van der Waals surface area contributed by atoms with Crippen LogP contribution in [0.5, 0.6) is 0 Å². The maximum absolute atomic E-state index is 12.2. The van der Waals surface area contributed by atoms with Gasteiger partial charge in [-0.2, -0.15) is 0 Å². The first-order valence-corrected chi connectivity index (χ1v) is 9.33. The molecule has 2 amide bonds. The molecule has 6 nitrogen and oxygen atoms in total. The Kier molecular flexibility index (Phi) is 4.62. The third-order valence-corrected chi connectivity index (χ3v) is 5.47. The summed E-state index contributed by atoms with van der Waals surface area (Å²) in [7, 11) is 0. The molecule has 0 unspecified atom stereocenters. The number of thioether (sulfide) groups is 1. The minimum absolute atomic E-state index is 0.121. The molecule has 1 aliphatic rings. The molecule has 0 saturated heterocycles. The number of anilines is 1. The van der Waals surface area contributed by atoms with Crippen molar-refractivity contribution in [3.8, 4) is 0 Å². The summed E-state index contributed by atoms with van der Waals surface area (Å²) in [5.74, 6) is -0.245. The molecule has 0 aliphatic carbocycles. The Hall–Kier alpha value is -2.80. The van der Waals surface area contributed by atoms with E-state index in [1.807, 2.05) is 59.3 Å². The van der Waals surface area contributed by atoms with Crippen LogP contribution in [0.25, 0.3) is 5.65 Å². The molecule has 3 aromatic rings. The van der Waals surface area contributed by atoms with Crippen molar-refractivity contribution < 1.29 is 9.59 Å². The van der Waals surface area contributed by atoms with Crippen molar-refractivity contribution in [1.82, 2.24) is 14.7 Å². The molecule has 2 N–H and O–H groups in total. The van der Waals surface area contributed by atoms with Crippen molar-refractivity contribution in [3.05, 3.63) is 60.6 Å². The Bertz CT molecular complexity index is 936. The number of carbonyl (C=O) groups is 2. The molecule has 4 rings (SSSR count). The number of imidazole rings is 1. The van der Waals surface area contributed by atoms with E-state index in [1.165, 1.54) is 11.8 Å². The average molecular weight is 366 g/mol. The fourth-order valence-electron chi connectivity index (χ4n) is 2.91. The van der Waals surface area contributed by atoms with Crippen molar-refractivity contribution in [2.45, 2.75) is 23.0 Å². The van der Waals surface area contributed by atoms with Crippen LogP contribution in [0, 0.1) is 0 Å². The van der Waals surface area contributed by atoms with E-state index in [-0.39, 0.29) is 18.2 Å². The predicted octanol–water partition coefficient (Wildman–Crippen LogP) is 2.50. The number of fused-ring (bicyclic) bond motifs is 2. The summed E-state index contributed by atoms with van der Waals surface area (Å²) >= 11 is 1.44. The second-order valence-electron chi connectivity index (χ2n) is 6.09. The zero-order valence-electron chi connectivity index (χ0n) is 14.0. The third kappa shape index (κ3) is 3.57. The number of hydrogen-bond donors (Lipinski definition) is 2. The molecule has 0 fully saturated rings. The van der Waals surface area contributed by atoms with E-state index in [0.29, 0.717) is 13.0 Å². The number of rotatable bonds is 5. The topological polar surface area (TPSA) is 75.5 Å². The highest BCUT2D eigenvalue weighted by Crippen LogP contribution is 2.36. The molecule has 0 bridgehead atoms. The Labute approximate surface area is 155 Å². The third-order valence-electron chi connectivity index (χ3n) is 4.19. The fourth-order valence-corrected chi connectivity index (χ4v) is 4.02. The molecule has 7 heteroatoms. The number of aromatic nitrogens is 2. The smallest absolute Gasteiger partial charge is 0.238 e. The van der Waals surface area contributed by atoms with Gasteiger partial charge in [0.05, 0.1) is 16.6 Å². The molecule has 0 saturated carbocycles. The van der Waals surface area contributed by atoms with E-state index >= 15 is 0 Å². The van der Waals surface area contributed by atoms with E-state index in [4.69, 9.17) is 0 Å². The molecule has 3 heterocycles. The fraction of sp³-hybridized carbons (Fsp3) is 0.211. The zero-order chi connectivity index (χ0) is 17.9. The summed E-state index contributed by atoms with van der Waals surface area (Å²) in [6.45, 7) is 0.498. The van der Waals surface area contributed by atoms with Crippen molar-refractivity contribution in [1.29, 1.82) is 0 Å². The van der Waals surface area contributed by atoms with Crippen LogP contribution in [0.15, 0.2) is 59.8 Å². The number of pyridine rings is 1. The van der Waals surface area contributed by atoms with Crippen LogP contribution in [0.1, 0.15) is 12.1 Å². The normalized spacial score (nSPS) is 16.2. The van der Waals surface area contributed by atoms with Gasteiger partial charge in [0.2, 0.25) is 11.8 Å². The van der Waals surface area contributed by atoms with Gasteiger partial charge >= 0.3 is 0 Å². The van der Waals surface area contributed by atoms with Crippen molar-refractivity contribution >= 4 is 34.9 Å². The lowest BCUT2D eigenvalue weighted by molar-refractivity contribution is -0.124. The molecular weight excluding hydrogens is 348 g/mol. The van der Waals surface area contributed by atoms with Crippen molar-refractivity contribution in [3.63, 3.8) is 0 Å². The summed E-state index contributed by atoms with van der Waals surface area (Å²) in [6.07, 6.45) is 4.72. The average Bonchev–Trinajstić information content (AvgIpc) is 3.05. The molecule has 1 atom stereocenters. The van der Waals surface area contributed by atoms with Crippen LogP contribution in [0.3, 0.4) is 0 Å². The number of nitrogens with zero attached hydrogens (tertiary/aromatic N) is 2. The molecule has 2 aromatic heterocycles. The number of para-hydroxylation sites is 1. The monoisotopic (exact) mass is 366 g/mol.